The Kier molecular flexibility index (Phi) is 3.56. The number of hydrogen-bond donors (Lipinski definition) is 1. The van der Waals surface area contributed by atoms with Gasteiger partial charge in [-0.25, -0.2) is 4.52 Å². The Morgan fingerprint density at radius 1 is 1.25 bits per heavy atom. The molecule has 3 aromatic rings. The number of benzene rings is 1. The first-order chi connectivity index (χ1) is 9.74. The van der Waals surface area contributed by atoms with E-state index in [4.69, 9.17) is 0 Å². The SMILES string of the molecule is O=c1c2ccnn2ccn1CCNc1cccc(Br)c1. The molecule has 0 fully saturated rings. The van der Waals surface area contributed by atoms with Crippen molar-refractivity contribution in [3.63, 3.8) is 0 Å². The molecule has 0 amide bonds. The van der Waals surface area contributed by atoms with Gasteiger partial charge in [-0.05, 0) is 24.3 Å². The van der Waals surface area contributed by atoms with Crippen LogP contribution in [0.1, 0.15) is 0 Å². The van der Waals surface area contributed by atoms with Gasteiger partial charge in [0.15, 0.2) is 0 Å². The Morgan fingerprint density at radius 2 is 2.15 bits per heavy atom. The van der Waals surface area contributed by atoms with Gasteiger partial charge in [0.2, 0.25) is 0 Å². The summed E-state index contributed by atoms with van der Waals surface area (Å²) >= 11 is 3.43. The van der Waals surface area contributed by atoms with E-state index in [1.807, 2.05) is 24.3 Å². The number of nitrogens with one attached hydrogen (secondary N) is 1. The Morgan fingerprint density at radius 3 is 3.00 bits per heavy atom. The average Bonchev–Trinajstić information content (AvgIpc) is 2.91. The van der Waals surface area contributed by atoms with Crippen molar-refractivity contribution < 1.29 is 0 Å². The van der Waals surface area contributed by atoms with Gasteiger partial charge in [0.1, 0.15) is 5.52 Å². The molecule has 0 radical (unpaired) electrons. The summed E-state index contributed by atoms with van der Waals surface area (Å²) in [7, 11) is 0. The predicted octanol–water partition coefficient (Wildman–Crippen LogP) is 2.37. The Labute approximate surface area is 124 Å². The van der Waals surface area contributed by atoms with Crippen molar-refractivity contribution in [3.05, 3.63) is 63.7 Å². The molecule has 2 aromatic heterocycles. The minimum Gasteiger partial charge on any atom is -0.383 e. The maximum absolute atomic E-state index is 12.2. The first-order valence-electron chi connectivity index (χ1n) is 6.26. The van der Waals surface area contributed by atoms with Crippen LogP contribution in [0.5, 0.6) is 0 Å². The number of nitrogens with zero attached hydrogens (tertiary/aromatic N) is 3. The molecule has 5 nitrogen and oxygen atoms in total. The molecule has 0 aliphatic heterocycles. The number of anilines is 1. The molecular formula is C14H13BrN4O. The molecule has 0 saturated heterocycles. The van der Waals surface area contributed by atoms with Gasteiger partial charge in [0.05, 0.1) is 6.20 Å². The average molecular weight is 333 g/mol. The van der Waals surface area contributed by atoms with E-state index in [0.29, 0.717) is 18.6 Å². The topological polar surface area (TPSA) is 51.3 Å². The van der Waals surface area contributed by atoms with E-state index in [-0.39, 0.29) is 5.56 Å². The van der Waals surface area contributed by atoms with Gasteiger partial charge >= 0.3 is 0 Å². The molecule has 1 N–H and O–H groups in total. The monoisotopic (exact) mass is 332 g/mol. The predicted molar refractivity (Wildman–Crippen MR) is 82.1 cm³/mol. The minimum absolute atomic E-state index is 0.0268. The van der Waals surface area contributed by atoms with Crippen molar-refractivity contribution >= 4 is 27.1 Å². The molecule has 2 heterocycles. The Bertz CT molecular complexity index is 793. The zero-order chi connectivity index (χ0) is 13.9. The van der Waals surface area contributed by atoms with Crippen LogP contribution in [0.3, 0.4) is 0 Å². The van der Waals surface area contributed by atoms with E-state index in [2.05, 4.69) is 26.3 Å². The smallest absolute Gasteiger partial charge is 0.276 e. The highest BCUT2D eigenvalue weighted by Crippen LogP contribution is 2.15. The van der Waals surface area contributed by atoms with Crippen LogP contribution < -0.4 is 10.9 Å². The van der Waals surface area contributed by atoms with Gasteiger partial charge in [0, 0.05) is 35.6 Å². The van der Waals surface area contributed by atoms with E-state index in [1.165, 1.54) is 0 Å². The van der Waals surface area contributed by atoms with Gasteiger partial charge < -0.3 is 9.88 Å². The second-order valence-electron chi connectivity index (χ2n) is 4.39. The maximum atomic E-state index is 12.2. The number of halogens is 1. The third kappa shape index (κ3) is 2.60. The van der Waals surface area contributed by atoms with E-state index in [1.54, 1.807) is 33.7 Å². The number of aromatic nitrogens is 3. The highest BCUT2D eigenvalue weighted by molar-refractivity contribution is 9.10. The lowest BCUT2D eigenvalue weighted by Crippen LogP contribution is -2.24. The van der Waals surface area contributed by atoms with Crippen LogP contribution in [0.25, 0.3) is 5.52 Å². The lowest BCUT2D eigenvalue weighted by Gasteiger charge is -2.09. The fourth-order valence-electron chi connectivity index (χ4n) is 2.06. The lowest BCUT2D eigenvalue weighted by molar-refractivity contribution is 0.688. The summed E-state index contributed by atoms with van der Waals surface area (Å²) in [5, 5.41) is 7.33. The van der Waals surface area contributed by atoms with E-state index < -0.39 is 0 Å². The molecule has 0 aliphatic carbocycles. The summed E-state index contributed by atoms with van der Waals surface area (Å²) in [6.45, 7) is 1.29. The van der Waals surface area contributed by atoms with Crippen molar-refractivity contribution in [1.29, 1.82) is 0 Å². The van der Waals surface area contributed by atoms with E-state index >= 15 is 0 Å². The van der Waals surface area contributed by atoms with Crippen molar-refractivity contribution in [2.75, 3.05) is 11.9 Å². The zero-order valence-corrected chi connectivity index (χ0v) is 12.2. The van der Waals surface area contributed by atoms with Crippen LogP contribution in [0, 0.1) is 0 Å². The molecule has 0 aliphatic rings. The van der Waals surface area contributed by atoms with Crippen LogP contribution in [-0.2, 0) is 6.54 Å². The van der Waals surface area contributed by atoms with Crippen LogP contribution >= 0.6 is 15.9 Å². The minimum atomic E-state index is -0.0268. The van der Waals surface area contributed by atoms with Crippen molar-refractivity contribution in [2.45, 2.75) is 6.54 Å². The van der Waals surface area contributed by atoms with Gasteiger partial charge in [-0.2, -0.15) is 5.10 Å². The number of hydrogen-bond acceptors (Lipinski definition) is 3. The third-order valence-corrected chi connectivity index (χ3v) is 3.54. The van der Waals surface area contributed by atoms with Gasteiger partial charge in [-0.1, -0.05) is 22.0 Å². The maximum Gasteiger partial charge on any atom is 0.276 e. The lowest BCUT2D eigenvalue weighted by atomic mass is 10.3. The molecule has 20 heavy (non-hydrogen) atoms. The van der Waals surface area contributed by atoms with Crippen LogP contribution in [0.4, 0.5) is 5.69 Å². The van der Waals surface area contributed by atoms with Crippen molar-refractivity contribution in [2.24, 2.45) is 0 Å². The normalized spacial score (nSPS) is 10.8. The highest BCUT2D eigenvalue weighted by Gasteiger charge is 2.02. The summed E-state index contributed by atoms with van der Waals surface area (Å²) in [5.41, 5.74) is 1.59. The van der Waals surface area contributed by atoms with E-state index in [9.17, 15) is 4.79 Å². The molecule has 0 unspecified atom stereocenters. The molecule has 0 bridgehead atoms. The Hall–Kier alpha value is -2.08. The van der Waals surface area contributed by atoms with E-state index in [0.717, 1.165) is 10.2 Å². The largest absolute Gasteiger partial charge is 0.383 e. The van der Waals surface area contributed by atoms with Crippen molar-refractivity contribution in [3.8, 4) is 0 Å². The fraction of sp³-hybridized carbons (Fsp3) is 0.143. The first-order valence-corrected chi connectivity index (χ1v) is 7.05. The van der Waals surface area contributed by atoms with Crippen molar-refractivity contribution in [1.82, 2.24) is 14.2 Å². The zero-order valence-electron chi connectivity index (χ0n) is 10.7. The molecule has 0 spiro atoms. The third-order valence-electron chi connectivity index (χ3n) is 3.04. The Balaban J connectivity index is 1.71. The summed E-state index contributed by atoms with van der Waals surface area (Å²) in [4.78, 5) is 12.2. The molecular weight excluding hydrogens is 320 g/mol. The highest BCUT2D eigenvalue weighted by atomic mass is 79.9. The summed E-state index contributed by atoms with van der Waals surface area (Å²) < 4.78 is 4.29. The van der Waals surface area contributed by atoms with Gasteiger partial charge in [-0.15, -0.1) is 0 Å². The second kappa shape index (κ2) is 5.50. The molecule has 6 heteroatoms. The first kappa shape index (κ1) is 12.9. The second-order valence-corrected chi connectivity index (χ2v) is 5.31. The standard InChI is InChI=1S/C14H13BrN4O/c15-11-2-1-3-12(10-11)16-6-7-18-8-9-19-13(14(18)20)4-5-17-19/h1-5,8-10,16H,6-7H2. The van der Waals surface area contributed by atoms with Crippen LogP contribution in [0.2, 0.25) is 0 Å². The molecule has 0 saturated carbocycles. The summed E-state index contributed by atoms with van der Waals surface area (Å²) in [6.07, 6.45) is 5.17. The fourth-order valence-corrected chi connectivity index (χ4v) is 2.46. The quantitative estimate of drug-likeness (QED) is 0.798. The molecule has 1 aromatic carbocycles. The molecule has 0 atom stereocenters. The van der Waals surface area contributed by atoms with Crippen LogP contribution in [-0.4, -0.2) is 20.7 Å². The summed E-state index contributed by atoms with van der Waals surface area (Å²) in [5.74, 6) is 0. The van der Waals surface area contributed by atoms with Crippen LogP contribution in [0.15, 0.2) is 58.2 Å². The van der Waals surface area contributed by atoms with Gasteiger partial charge in [0.25, 0.3) is 5.56 Å². The number of fused-ring (bicyclic) bond motifs is 1. The van der Waals surface area contributed by atoms with Gasteiger partial charge in [-0.3, -0.25) is 4.79 Å². The number of rotatable bonds is 4. The molecule has 102 valence electrons. The molecule has 3 rings (SSSR count). The summed E-state index contributed by atoms with van der Waals surface area (Å²) in [6, 6.07) is 9.66.